The summed E-state index contributed by atoms with van der Waals surface area (Å²) < 4.78 is 16.6. The van der Waals surface area contributed by atoms with E-state index < -0.39 is 5.97 Å². The molecular formula is C24H18BrClN2O5. The molecule has 0 fully saturated rings. The third-order valence-electron chi connectivity index (χ3n) is 5.35. The number of aromatic nitrogens is 2. The zero-order chi connectivity index (χ0) is 23.1. The molecule has 2 aromatic carbocycles. The minimum absolute atomic E-state index is 0.137. The van der Waals surface area contributed by atoms with Crippen molar-refractivity contribution in [3.63, 3.8) is 0 Å². The summed E-state index contributed by atoms with van der Waals surface area (Å²) in [5.74, 6) is 0.399. The third-order valence-corrected chi connectivity index (χ3v) is 6.39. The van der Waals surface area contributed by atoms with E-state index in [9.17, 15) is 9.90 Å². The molecule has 3 heterocycles. The van der Waals surface area contributed by atoms with Gasteiger partial charge in [-0.15, -0.1) is 0 Å². The van der Waals surface area contributed by atoms with Gasteiger partial charge in [0.2, 0.25) is 6.79 Å². The second kappa shape index (κ2) is 8.61. The van der Waals surface area contributed by atoms with Crippen LogP contribution < -0.4 is 9.47 Å². The van der Waals surface area contributed by atoms with E-state index in [1.54, 1.807) is 19.1 Å². The molecule has 9 heteroatoms. The number of aromatic amines is 1. The van der Waals surface area contributed by atoms with E-state index in [2.05, 4.69) is 25.9 Å². The average Bonchev–Trinajstić information content (AvgIpc) is 3.41. The summed E-state index contributed by atoms with van der Waals surface area (Å²) in [6, 6.07) is 12.9. The molecular weight excluding hydrogens is 512 g/mol. The van der Waals surface area contributed by atoms with Crippen LogP contribution in [0.3, 0.4) is 0 Å². The van der Waals surface area contributed by atoms with E-state index in [0.29, 0.717) is 44.0 Å². The second-order valence-corrected chi connectivity index (χ2v) is 8.64. The van der Waals surface area contributed by atoms with Crippen molar-refractivity contribution in [2.24, 2.45) is 0 Å². The maximum atomic E-state index is 12.6. The van der Waals surface area contributed by atoms with E-state index in [1.807, 2.05) is 30.3 Å². The van der Waals surface area contributed by atoms with Crippen molar-refractivity contribution < 1.29 is 24.1 Å². The van der Waals surface area contributed by atoms with Crippen molar-refractivity contribution in [3.05, 3.63) is 68.9 Å². The summed E-state index contributed by atoms with van der Waals surface area (Å²) in [5.41, 5.74) is 3.54. The van der Waals surface area contributed by atoms with Crippen LogP contribution >= 0.6 is 27.5 Å². The van der Waals surface area contributed by atoms with E-state index in [-0.39, 0.29) is 24.8 Å². The van der Waals surface area contributed by atoms with Crippen LogP contribution in [0.4, 0.5) is 0 Å². The number of carbonyl (C=O) groups is 1. The first-order chi connectivity index (χ1) is 16.0. The van der Waals surface area contributed by atoms with Gasteiger partial charge < -0.3 is 24.3 Å². The lowest BCUT2D eigenvalue weighted by Gasteiger charge is -2.10. The monoisotopic (exact) mass is 528 g/mol. The number of carbonyl (C=O) groups excluding carboxylic acids is 1. The summed E-state index contributed by atoms with van der Waals surface area (Å²) in [6.45, 7) is 2.05. The normalized spacial score (nSPS) is 12.3. The largest absolute Gasteiger partial charge is 0.505 e. The zero-order valence-corrected chi connectivity index (χ0v) is 19.8. The number of halogens is 2. The van der Waals surface area contributed by atoms with E-state index >= 15 is 0 Å². The van der Waals surface area contributed by atoms with Crippen LogP contribution in [0.5, 0.6) is 17.2 Å². The average molecular weight is 530 g/mol. The summed E-state index contributed by atoms with van der Waals surface area (Å²) in [5, 5.41) is 12.0. The molecule has 0 radical (unpaired) electrons. The molecule has 2 N–H and O–H groups in total. The van der Waals surface area contributed by atoms with Gasteiger partial charge in [-0.25, -0.2) is 9.78 Å². The molecule has 0 saturated carbocycles. The van der Waals surface area contributed by atoms with Gasteiger partial charge in [-0.05, 0) is 58.2 Å². The molecule has 0 saturated heterocycles. The molecule has 0 atom stereocenters. The van der Waals surface area contributed by atoms with E-state index in [4.69, 9.17) is 25.8 Å². The number of esters is 1. The van der Waals surface area contributed by atoms with Crippen molar-refractivity contribution in [2.45, 2.75) is 13.3 Å². The Labute approximate surface area is 202 Å². The van der Waals surface area contributed by atoms with Gasteiger partial charge in [-0.1, -0.05) is 29.8 Å². The number of nitrogens with zero attached hydrogens (tertiary/aromatic N) is 1. The maximum Gasteiger partial charge on any atom is 0.360 e. The van der Waals surface area contributed by atoms with Crippen LogP contribution in [-0.2, 0) is 11.2 Å². The maximum absolute atomic E-state index is 12.6. The van der Waals surface area contributed by atoms with Crippen molar-refractivity contribution in [1.82, 2.24) is 9.97 Å². The number of fused-ring (bicyclic) bond motifs is 2. The molecule has 0 spiro atoms. The van der Waals surface area contributed by atoms with Crippen LogP contribution in [0.15, 0.2) is 46.9 Å². The molecule has 168 valence electrons. The fraction of sp³-hybridized carbons (Fsp3) is 0.167. The van der Waals surface area contributed by atoms with Crippen molar-refractivity contribution in [2.75, 3.05) is 13.4 Å². The third kappa shape index (κ3) is 3.89. The van der Waals surface area contributed by atoms with Gasteiger partial charge in [0, 0.05) is 11.4 Å². The molecule has 1 aliphatic heterocycles. The Bertz CT molecular complexity index is 1380. The first kappa shape index (κ1) is 21.6. The highest BCUT2D eigenvalue weighted by Crippen LogP contribution is 2.42. The Morgan fingerprint density at radius 2 is 1.97 bits per heavy atom. The standard InChI is InChI=1S/C24H18BrClN2O5/c1-2-31-24(30)22-23(29)18-19(25)20(13-4-6-14(26)7-5-13)28-21(18)15(27-22)9-12-3-8-16-17(10-12)33-11-32-16/h3-8,10,28-29H,2,9,11H2,1H3. The molecule has 0 aliphatic carbocycles. The Morgan fingerprint density at radius 3 is 2.73 bits per heavy atom. The number of pyridine rings is 1. The van der Waals surface area contributed by atoms with E-state index in [1.165, 1.54) is 0 Å². The Balaban J connectivity index is 1.69. The lowest BCUT2D eigenvalue weighted by atomic mass is 10.1. The number of hydrogen-bond donors (Lipinski definition) is 2. The molecule has 2 aromatic heterocycles. The van der Waals surface area contributed by atoms with Gasteiger partial charge in [0.1, 0.15) is 0 Å². The number of aromatic hydroxyl groups is 1. The topological polar surface area (TPSA) is 93.7 Å². The van der Waals surface area contributed by atoms with Gasteiger partial charge in [0.05, 0.1) is 33.4 Å². The van der Waals surface area contributed by atoms with Gasteiger partial charge in [0.25, 0.3) is 0 Å². The zero-order valence-electron chi connectivity index (χ0n) is 17.4. The Morgan fingerprint density at radius 1 is 1.21 bits per heavy atom. The van der Waals surface area contributed by atoms with Crippen LogP contribution in [-0.4, -0.2) is 34.4 Å². The van der Waals surface area contributed by atoms with Crippen LogP contribution in [0.2, 0.25) is 5.02 Å². The fourth-order valence-electron chi connectivity index (χ4n) is 3.81. The lowest BCUT2D eigenvalue weighted by Crippen LogP contribution is -2.10. The smallest absolute Gasteiger partial charge is 0.360 e. The van der Waals surface area contributed by atoms with Gasteiger partial charge in [-0.3, -0.25) is 0 Å². The van der Waals surface area contributed by atoms with Crippen molar-refractivity contribution in [3.8, 4) is 28.5 Å². The first-order valence-corrected chi connectivity index (χ1v) is 11.4. The Kier molecular flexibility index (Phi) is 5.64. The minimum atomic E-state index is -0.690. The number of benzene rings is 2. The summed E-state index contributed by atoms with van der Waals surface area (Å²) >= 11 is 9.64. The summed E-state index contributed by atoms with van der Waals surface area (Å²) in [4.78, 5) is 20.4. The number of rotatable bonds is 5. The van der Waals surface area contributed by atoms with Crippen LogP contribution in [0, 0.1) is 0 Å². The highest BCUT2D eigenvalue weighted by Gasteiger charge is 2.26. The summed E-state index contributed by atoms with van der Waals surface area (Å²) in [6.07, 6.45) is 0.382. The predicted octanol–water partition coefficient (Wildman–Crippen LogP) is 5.85. The number of nitrogens with one attached hydrogen (secondary N) is 1. The molecule has 33 heavy (non-hydrogen) atoms. The molecule has 4 aromatic rings. The SMILES string of the molecule is CCOC(=O)c1nc(Cc2ccc3c(c2)OCO3)c2[nH]c(-c3ccc(Cl)cc3)c(Br)c2c1O. The van der Waals surface area contributed by atoms with E-state index in [0.717, 1.165) is 16.8 Å². The molecule has 0 amide bonds. The molecule has 1 aliphatic rings. The molecule has 0 unspecified atom stereocenters. The highest BCUT2D eigenvalue weighted by atomic mass is 79.9. The fourth-order valence-corrected chi connectivity index (χ4v) is 4.65. The first-order valence-electron chi connectivity index (χ1n) is 10.2. The molecule has 5 rings (SSSR count). The minimum Gasteiger partial charge on any atom is -0.505 e. The van der Waals surface area contributed by atoms with Gasteiger partial charge in [0.15, 0.2) is 22.9 Å². The predicted molar refractivity (Wildman–Crippen MR) is 127 cm³/mol. The highest BCUT2D eigenvalue weighted by molar-refractivity contribution is 9.10. The second-order valence-electron chi connectivity index (χ2n) is 7.41. The summed E-state index contributed by atoms with van der Waals surface area (Å²) in [7, 11) is 0. The lowest BCUT2D eigenvalue weighted by molar-refractivity contribution is 0.0516. The van der Waals surface area contributed by atoms with Crippen LogP contribution in [0.25, 0.3) is 22.2 Å². The number of hydrogen-bond acceptors (Lipinski definition) is 6. The van der Waals surface area contributed by atoms with Crippen molar-refractivity contribution in [1.29, 1.82) is 0 Å². The molecule has 7 nitrogen and oxygen atoms in total. The van der Waals surface area contributed by atoms with Crippen LogP contribution in [0.1, 0.15) is 28.7 Å². The quantitative estimate of drug-likeness (QED) is 0.315. The number of ether oxygens (including phenoxy) is 3. The Hall–Kier alpha value is -3.23. The van der Waals surface area contributed by atoms with Gasteiger partial charge in [-0.2, -0.15) is 0 Å². The van der Waals surface area contributed by atoms with Gasteiger partial charge >= 0.3 is 5.97 Å². The molecule has 0 bridgehead atoms. The number of H-pyrrole nitrogens is 1. The van der Waals surface area contributed by atoms with Crippen molar-refractivity contribution >= 4 is 44.4 Å².